The van der Waals surface area contributed by atoms with Crippen LogP contribution in [0.3, 0.4) is 0 Å². The zero-order chi connectivity index (χ0) is 16.8. The van der Waals surface area contributed by atoms with Gasteiger partial charge in [0, 0.05) is 12.1 Å². The number of rotatable bonds is 3. The number of amides is 1. The maximum Gasteiger partial charge on any atom is 0.244 e. The number of fused-ring (bicyclic) bond motifs is 3. The summed E-state index contributed by atoms with van der Waals surface area (Å²) in [7, 11) is 0. The number of nitrogens with zero attached hydrogens (tertiary/aromatic N) is 7. The van der Waals surface area contributed by atoms with Gasteiger partial charge in [0.15, 0.2) is 0 Å². The van der Waals surface area contributed by atoms with Crippen molar-refractivity contribution in [3.63, 3.8) is 0 Å². The van der Waals surface area contributed by atoms with Gasteiger partial charge in [0.2, 0.25) is 5.91 Å². The molecule has 3 aromatic rings. The molecular weight excluding hydrogens is 318 g/mol. The number of hydrogen-bond acceptors (Lipinski definition) is 5. The van der Waals surface area contributed by atoms with E-state index in [0.29, 0.717) is 6.04 Å². The summed E-state index contributed by atoms with van der Waals surface area (Å²) in [5, 5.41) is 16.9. The number of piperidine rings is 1. The smallest absolute Gasteiger partial charge is 0.244 e. The molecule has 1 aromatic carbocycles. The first-order valence-corrected chi connectivity index (χ1v) is 8.75. The molecule has 0 saturated carbocycles. The molecule has 8 nitrogen and oxygen atoms in total. The van der Waals surface area contributed by atoms with E-state index in [1.165, 1.54) is 0 Å². The molecule has 25 heavy (non-hydrogen) atoms. The number of benzene rings is 1. The Kier molecular flexibility index (Phi) is 3.29. The summed E-state index contributed by atoms with van der Waals surface area (Å²) in [5.41, 5.74) is 1.72. The average Bonchev–Trinajstić information content (AvgIpc) is 3.34. The van der Waals surface area contributed by atoms with Crippen molar-refractivity contribution in [2.75, 3.05) is 0 Å². The van der Waals surface area contributed by atoms with Crippen molar-refractivity contribution in [2.24, 2.45) is 0 Å². The molecule has 0 radical (unpaired) electrons. The Labute approximate surface area is 144 Å². The van der Waals surface area contributed by atoms with E-state index in [2.05, 4.69) is 25.4 Å². The van der Waals surface area contributed by atoms with Crippen molar-refractivity contribution in [2.45, 2.75) is 50.4 Å². The molecule has 2 aliphatic heterocycles. The number of para-hydroxylation sites is 1. The van der Waals surface area contributed by atoms with Crippen LogP contribution in [0.2, 0.25) is 0 Å². The van der Waals surface area contributed by atoms with Gasteiger partial charge in [-0.25, -0.2) is 4.68 Å². The van der Waals surface area contributed by atoms with Crippen LogP contribution < -0.4 is 0 Å². The standard InChI is InChI=1S/C17H19N7O/c25-17(11-22-16-4-2-1-3-15(16)20-21-22)23-12-5-6-13(23)10-14(9-12)24-18-7-8-19-24/h1-4,7-8,12-14H,5-6,9-11H2. The van der Waals surface area contributed by atoms with Crippen LogP contribution >= 0.6 is 0 Å². The predicted molar refractivity (Wildman–Crippen MR) is 89.5 cm³/mol. The van der Waals surface area contributed by atoms with Gasteiger partial charge in [-0.2, -0.15) is 15.0 Å². The molecule has 5 rings (SSSR count). The van der Waals surface area contributed by atoms with E-state index in [4.69, 9.17) is 0 Å². The van der Waals surface area contributed by atoms with Gasteiger partial charge < -0.3 is 4.90 Å². The molecular formula is C17H19N7O. The van der Waals surface area contributed by atoms with E-state index in [-0.39, 0.29) is 24.5 Å². The van der Waals surface area contributed by atoms with Gasteiger partial charge in [0.25, 0.3) is 0 Å². The van der Waals surface area contributed by atoms with Crippen LogP contribution in [0.4, 0.5) is 0 Å². The number of carbonyl (C=O) groups excluding carboxylic acids is 1. The van der Waals surface area contributed by atoms with Crippen LogP contribution in [0.5, 0.6) is 0 Å². The molecule has 0 aliphatic carbocycles. The number of carbonyl (C=O) groups is 1. The summed E-state index contributed by atoms with van der Waals surface area (Å²) in [4.78, 5) is 16.8. The lowest BCUT2D eigenvalue weighted by atomic mass is 9.97. The minimum absolute atomic E-state index is 0.134. The second kappa shape index (κ2) is 5.65. The van der Waals surface area contributed by atoms with Crippen molar-refractivity contribution < 1.29 is 4.79 Å². The van der Waals surface area contributed by atoms with E-state index in [0.717, 1.165) is 36.7 Å². The first-order valence-electron chi connectivity index (χ1n) is 8.75. The van der Waals surface area contributed by atoms with Crippen molar-refractivity contribution in [1.82, 2.24) is 34.9 Å². The van der Waals surface area contributed by atoms with E-state index >= 15 is 0 Å². The lowest BCUT2D eigenvalue weighted by Crippen LogP contribution is -2.48. The molecule has 2 aliphatic rings. The Morgan fingerprint density at radius 3 is 2.52 bits per heavy atom. The van der Waals surface area contributed by atoms with E-state index in [1.807, 2.05) is 24.3 Å². The summed E-state index contributed by atoms with van der Waals surface area (Å²) < 4.78 is 1.71. The lowest BCUT2D eigenvalue weighted by Gasteiger charge is -2.38. The monoisotopic (exact) mass is 337 g/mol. The van der Waals surface area contributed by atoms with Crippen LogP contribution in [0.15, 0.2) is 36.7 Å². The molecule has 2 saturated heterocycles. The maximum atomic E-state index is 13.0. The molecule has 2 atom stereocenters. The quantitative estimate of drug-likeness (QED) is 0.722. The van der Waals surface area contributed by atoms with Gasteiger partial charge in [0.05, 0.1) is 24.0 Å². The molecule has 0 spiro atoms. The van der Waals surface area contributed by atoms with Gasteiger partial charge in [-0.3, -0.25) is 4.79 Å². The van der Waals surface area contributed by atoms with Crippen LogP contribution in [0, 0.1) is 0 Å². The SMILES string of the molecule is O=C(Cn1nnc2ccccc21)N1C2CCC1CC(n1nccn1)C2. The van der Waals surface area contributed by atoms with E-state index in [1.54, 1.807) is 21.9 Å². The van der Waals surface area contributed by atoms with Crippen molar-refractivity contribution in [1.29, 1.82) is 0 Å². The Morgan fingerprint density at radius 1 is 1.04 bits per heavy atom. The fourth-order valence-corrected chi connectivity index (χ4v) is 4.40. The van der Waals surface area contributed by atoms with E-state index in [9.17, 15) is 4.79 Å². The summed E-state index contributed by atoms with van der Waals surface area (Å²) in [6, 6.07) is 8.58. The average molecular weight is 337 g/mol. The maximum absolute atomic E-state index is 13.0. The second-order valence-corrected chi connectivity index (χ2v) is 6.90. The Bertz CT molecular complexity index is 889. The van der Waals surface area contributed by atoms with Gasteiger partial charge in [-0.1, -0.05) is 17.3 Å². The largest absolute Gasteiger partial charge is 0.335 e. The highest BCUT2D eigenvalue weighted by Gasteiger charge is 2.44. The molecule has 8 heteroatoms. The van der Waals surface area contributed by atoms with E-state index < -0.39 is 0 Å². The zero-order valence-electron chi connectivity index (χ0n) is 13.8. The summed E-state index contributed by atoms with van der Waals surface area (Å²) in [6.45, 7) is 0.248. The molecule has 2 aromatic heterocycles. The normalized spacial score (nSPS) is 25.6. The van der Waals surface area contributed by atoms with Crippen molar-refractivity contribution in [3.05, 3.63) is 36.7 Å². The van der Waals surface area contributed by atoms with Crippen molar-refractivity contribution in [3.8, 4) is 0 Å². The second-order valence-electron chi connectivity index (χ2n) is 6.90. The van der Waals surface area contributed by atoms with Crippen LogP contribution in [0.25, 0.3) is 11.0 Å². The zero-order valence-corrected chi connectivity index (χ0v) is 13.8. The van der Waals surface area contributed by atoms with Crippen LogP contribution in [-0.2, 0) is 11.3 Å². The summed E-state index contributed by atoms with van der Waals surface area (Å²) in [5.74, 6) is 0.134. The third-order valence-corrected chi connectivity index (χ3v) is 5.46. The number of aromatic nitrogens is 6. The first-order chi connectivity index (χ1) is 12.3. The molecule has 2 fully saturated rings. The van der Waals surface area contributed by atoms with Crippen molar-refractivity contribution >= 4 is 16.9 Å². The van der Waals surface area contributed by atoms with Gasteiger partial charge in [-0.05, 0) is 37.8 Å². The highest BCUT2D eigenvalue weighted by molar-refractivity contribution is 5.80. The number of hydrogen-bond donors (Lipinski definition) is 0. The minimum Gasteiger partial charge on any atom is -0.335 e. The molecule has 2 unspecified atom stereocenters. The topological polar surface area (TPSA) is 81.7 Å². The summed E-state index contributed by atoms with van der Waals surface area (Å²) >= 11 is 0. The third-order valence-electron chi connectivity index (χ3n) is 5.46. The Balaban J connectivity index is 1.35. The van der Waals surface area contributed by atoms with Gasteiger partial charge >= 0.3 is 0 Å². The first kappa shape index (κ1) is 14.6. The van der Waals surface area contributed by atoms with Gasteiger partial charge in [0.1, 0.15) is 12.1 Å². The van der Waals surface area contributed by atoms with Gasteiger partial charge in [-0.15, -0.1) is 5.10 Å². The van der Waals surface area contributed by atoms with Crippen LogP contribution in [0.1, 0.15) is 31.7 Å². The third kappa shape index (κ3) is 2.40. The Hall–Kier alpha value is -2.77. The fourth-order valence-electron chi connectivity index (χ4n) is 4.40. The summed E-state index contributed by atoms with van der Waals surface area (Å²) in [6.07, 6.45) is 7.41. The van der Waals surface area contributed by atoms with Crippen LogP contribution in [-0.4, -0.2) is 52.9 Å². The Morgan fingerprint density at radius 2 is 1.76 bits per heavy atom. The predicted octanol–water partition coefficient (Wildman–Crippen LogP) is 1.42. The highest BCUT2D eigenvalue weighted by Crippen LogP contribution is 2.40. The molecule has 2 bridgehead atoms. The minimum atomic E-state index is 0.134. The molecule has 128 valence electrons. The highest BCUT2D eigenvalue weighted by atomic mass is 16.2. The molecule has 4 heterocycles. The lowest BCUT2D eigenvalue weighted by molar-refractivity contribution is -0.137. The molecule has 1 amide bonds. The molecule has 0 N–H and O–H groups in total. The fraction of sp³-hybridized carbons (Fsp3) is 0.471.